The van der Waals surface area contributed by atoms with Crippen molar-refractivity contribution >= 4 is 16.9 Å². The molecule has 1 aliphatic heterocycles. The van der Waals surface area contributed by atoms with E-state index in [0.29, 0.717) is 6.54 Å². The molecule has 1 aromatic heterocycles. The summed E-state index contributed by atoms with van der Waals surface area (Å²) in [6.45, 7) is 8.04. The van der Waals surface area contributed by atoms with Crippen molar-refractivity contribution in [2.75, 3.05) is 26.7 Å². The van der Waals surface area contributed by atoms with Crippen LogP contribution in [-0.4, -0.2) is 53.5 Å². The Kier molecular flexibility index (Phi) is 5.09. The Labute approximate surface area is 144 Å². The van der Waals surface area contributed by atoms with Crippen LogP contribution in [0.25, 0.3) is 10.9 Å². The zero-order valence-electron chi connectivity index (χ0n) is 14.9. The molecule has 2 N–H and O–H groups in total. The molecular weight excluding hydrogens is 300 g/mol. The zero-order valence-corrected chi connectivity index (χ0v) is 14.9. The second-order valence-corrected chi connectivity index (χ2v) is 6.81. The summed E-state index contributed by atoms with van der Waals surface area (Å²) >= 11 is 0. The number of piperidine rings is 1. The number of aromatic amines is 1. The van der Waals surface area contributed by atoms with Crippen molar-refractivity contribution in [3.8, 4) is 0 Å². The van der Waals surface area contributed by atoms with E-state index < -0.39 is 0 Å². The number of fused-ring (bicyclic) bond motifs is 1. The van der Waals surface area contributed by atoms with Crippen LogP contribution < -0.4 is 5.32 Å². The van der Waals surface area contributed by atoms with E-state index in [2.05, 4.69) is 41.2 Å². The van der Waals surface area contributed by atoms with E-state index >= 15 is 0 Å². The molecule has 2 aromatic rings. The van der Waals surface area contributed by atoms with E-state index in [-0.39, 0.29) is 12.1 Å². The van der Waals surface area contributed by atoms with Crippen LogP contribution in [0.4, 0.5) is 4.79 Å². The van der Waals surface area contributed by atoms with Crippen LogP contribution in [0.2, 0.25) is 0 Å². The van der Waals surface area contributed by atoms with Gasteiger partial charge in [0.2, 0.25) is 0 Å². The number of likely N-dealkylation sites (tertiary alicyclic amines) is 1. The number of para-hydroxylation sites is 1. The quantitative estimate of drug-likeness (QED) is 0.906. The second-order valence-electron chi connectivity index (χ2n) is 6.81. The SMILES string of the molecule is CCN1CCC[C@H](NC(=O)N(C)Cc2[nH]c3ccccc3c2C)C1. The maximum Gasteiger partial charge on any atom is 0.317 e. The summed E-state index contributed by atoms with van der Waals surface area (Å²) < 4.78 is 0. The van der Waals surface area contributed by atoms with Gasteiger partial charge in [-0.3, -0.25) is 0 Å². The molecule has 0 spiro atoms. The standard InChI is InChI=1S/C19H28N4O/c1-4-23-11-7-8-15(12-23)20-19(24)22(3)13-18-14(2)16-9-5-6-10-17(16)21-18/h5-6,9-10,15,21H,4,7-8,11-13H2,1-3H3,(H,20,24)/t15-/m0/s1. The number of urea groups is 1. The molecule has 1 aliphatic rings. The normalized spacial score (nSPS) is 18.7. The van der Waals surface area contributed by atoms with Gasteiger partial charge >= 0.3 is 6.03 Å². The first-order chi connectivity index (χ1) is 11.6. The van der Waals surface area contributed by atoms with E-state index in [1.807, 2.05) is 19.2 Å². The summed E-state index contributed by atoms with van der Waals surface area (Å²) in [4.78, 5) is 20.1. The Morgan fingerprint density at radius 1 is 1.42 bits per heavy atom. The second kappa shape index (κ2) is 7.26. The number of carbonyl (C=O) groups excluding carboxylic acids is 1. The largest absolute Gasteiger partial charge is 0.357 e. The number of carbonyl (C=O) groups is 1. The van der Waals surface area contributed by atoms with Gasteiger partial charge in [-0.25, -0.2) is 4.79 Å². The third kappa shape index (κ3) is 3.56. The number of aromatic nitrogens is 1. The number of rotatable bonds is 4. The molecule has 0 radical (unpaired) electrons. The van der Waals surface area contributed by atoms with Crippen LogP contribution in [0.1, 0.15) is 31.0 Å². The maximum atomic E-state index is 12.5. The molecule has 0 saturated carbocycles. The van der Waals surface area contributed by atoms with Gasteiger partial charge in [0.15, 0.2) is 0 Å². The summed E-state index contributed by atoms with van der Waals surface area (Å²) in [6.07, 6.45) is 2.23. The van der Waals surface area contributed by atoms with Crippen molar-refractivity contribution in [2.24, 2.45) is 0 Å². The molecule has 5 nitrogen and oxygen atoms in total. The summed E-state index contributed by atoms with van der Waals surface area (Å²) in [5, 5.41) is 4.42. The molecule has 24 heavy (non-hydrogen) atoms. The smallest absolute Gasteiger partial charge is 0.317 e. The van der Waals surface area contributed by atoms with Crippen molar-refractivity contribution < 1.29 is 4.79 Å². The number of amides is 2. The van der Waals surface area contributed by atoms with Crippen LogP contribution >= 0.6 is 0 Å². The Morgan fingerprint density at radius 2 is 2.21 bits per heavy atom. The van der Waals surface area contributed by atoms with Crippen LogP contribution in [-0.2, 0) is 6.54 Å². The molecule has 0 aliphatic carbocycles. The fourth-order valence-electron chi connectivity index (χ4n) is 3.55. The van der Waals surface area contributed by atoms with Crippen molar-refractivity contribution in [1.82, 2.24) is 20.1 Å². The van der Waals surface area contributed by atoms with Gasteiger partial charge in [0, 0.05) is 36.2 Å². The highest BCUT2D eigenvalue weighted by Crippen LogP contribution is 2.22. The number of aryl methyl sites for hydroxylation is 1. The lowest BCUT2D eigenvalue weighted by atomic mass is 10.1. The van der Waals surface area contributed by atoms with Gasteiger partial charge in [0.25, 0.3) is 0 Å². The third-order valence-electron chi connectivity index (χ3n) is 5.09. The Morgan fingerprint density at radius 3 is 2.96 bits per heavy atom. The van der Waals surface area contributed by atoms with Crippen molar-refractivity contribution in [3.05, 3.63) is 35.5 Å². The van der Waals surface area contributed by atoms with Crippen molar-refractivity contribution in [3.63, 3.8) is 0 Å². The number of nitrogens with zero attached hydrogens (tertiary/aromatic N) is 2. The van der Waals surface area contributed by atoms with E-state index in [4.69, 9.17) is 0 Å². The van der Waals surface area contributed by atoms with Gasteiger partial charge in [-0.15, -0.1) is 0 Å². The first-order valence-corrected chi connectivity index (χ1v) is 8.88. The summed E-state index contributed by atoms with van der Waals surface area (Å²) in [5.74, 6) is 0. The Hall–Kier alpha value is -2.01. The average Bonchev–Trinajstić information content (AvgIpc) is 2.91. The molecule has 3 rings (SSSR count). The predicted molar refractivity (Wildman–Crippen MR) is 98.2 cm³/mol. The summed E-state index contributed by atoms with van der Waals surface area (Å²) in [6, 6.07) is 8.54. The molecule has 130 valence electrons. The molecule has 1 atom stereocenters. The van der Waals surface area contributed by atoms with E-state index in [0.717, 1.165) is 43.7 Å². The van der Waals surface area contributed by atoms with E-state index in [1.54, 1.807) is 4.90 Å². The highest BCUT2D eigenvalue weighted by atomic mass is 16.2. The highest BCUT2D eigenvalue weighted by molar-refractivity contribution is 5.84. The first kappa shape index (κ1) is 16.8. The lowest BCUT2D eigenvalue weighted by Crippen LogP contribution is -2.50. The number of hydrogen-bond donors (Lipinski definition) is 2. The topological polar surface area (TPSA) is 51.4 Å². The van der Waals surface area contributed by atoms with Gasteiger partial charge in [0.1, 0.15) is 0 Å². The van der Waals surface area contributed by atoms with Crippen molar-refractivity contribution in [2.45, 2.75) is 39.3 Å². The van der Waals surface area contributed by atoms with E-state index in [9.17, 15) is 4.79 Å². The number of likely N-dealkylation sites (N-methyl/N-ethyl adjacent to an activating group) is 1. The van der Waals surface area contributed by atoms with Crippen LogP contribution in [0, 0.1) is 6.92 Å². The Bertz CT molecular complexity index is 708. The minimum atomic E-state index is 0.0102. The van der Waals surface area contributed by atoms with Gasteiger partial charge in [-0.1, -0.05) is 25.1 Å². The fourth-order valence-corrected chi connectivity index (χ4v) is 3.55. The molecule has 0 bridgehead atoms. The fraction of sp³-hybridized carbons (Fsp3) is 0.526. The Balaban J connectivity index is 1.62. The third-order valence-corrected chi connectivity index (χ3v) is 5.09. The van der Waals surface area contributed by atoms with Crippen LogP contribution in [0.3, 0.4) is 0 Å². The molecule has 1 aromatic carbocycles. The van der Waals surface area contributed by atoms with Crippen molar-refractivity contribution in [1.29, 1.82) is 0 Å². The number of nitrogens with one attached hydrogen (secondary N) is 2. The highest BCUT2D eigenvalue weighted by Gasteiger charge is 2.22. The minimum Gasteiger partial charge on any atom is -0.357 e. The molecule has 1 saturated heterocycles. The maximum absolute atomic E-state index is 12.5. The predicted octanol–water partition coefficient (Wildman–Crippen LogP) is 3.10. The number of H-pyrrole nitrogens is 1. The molecule has 2 amide bonds. The summed E-state index contributed by atoms with van der Waals surface area (Å²) in [7, 11) is 1.86. The molecular formula is C19H28N4O. The molecule has 5 heteroatoms. The van der Waals surface area contributed by atoms with Gasteiger partial charge in [-0.2, -0.15) is 0 Å². The lowest BCUT2D eigenvalue weighted by molar-refractivity contribution is 0.175. The monoisotopic (exact) mass is 328 g/mol. The minimum absolute atomic E-state index is 0.0102. The number of benzene rings is 1. The first-order valence-electron chi connectivity index (χ1n) is 8.88. The summed E-state index contributed by atoms with van der Waals surface area (Å²) in [5.41, 5.74) is 3.46. The lowest BCUT2D eigenvalue weighted by Gasteiger charge is -2.33. The van der Waals surface area contributed by atoms with Crippen LogP contribution in [0.5, 0.6) is 0 Å². The molecule has 2 heterocycles. The van der Waals surface area contributed by atoms with E-state index in [1.165, 1.54) is 10.9 Å². The van der Waals surface area contributed by atoms with Gasteiger partial charge in [-0.05, 0) is 44.5 Å². The van der Waals surface area contributed by atoms with Crippen LogP contribution in [0.15, 0.2) is 24.3 Å². The van der Waals surface area contributed by atoms with Gasteiger partial charge < -0.3 is 20.1 Å². The number of hydrogen-bond acceptors (Lipinski definition) is 2. The zero-order chi connectivity index (χ0) is 17.1. The van der Waals surface area contributed by atoms with Gasteiger partial charge in [0.05, 0.1) is 6.54 Å². The molecule has 1 fully saturated rings. The molecule has 0 unspecified atom stereocenters. The average molecular weight is 328 g/mol.